The molecule has 5 aromatic rings. The number of fused-ring (bicyclic) bond motifs is 3. The standard InChI is InChI=1S/C25H24N6/c1-15-27-24-20(12-23(26)30-25(24)28-15)22-11-19-10-16(6-7-21(19)29-22)13-31-9-8-17-4-2-3-5-18(17)14-31/h2-7,10-12,29H,8-9,13-14H2,1H3,(H3,26,27,28,30). The van der Waals surface area contributed by atoms with E-state index in [2.05, 4.69) is 73.4 Å². The van der Waals surface area contributed by atoms with Crippen molar-refractivity contribution in [2.45, 2.75) is 26.4 Å². The van der Waals surface area contributed by atoms with E-state index in [1.54, 1.807) is 0 Å². The van der Waals surface area contributed by atoms with Crippen molar-refractivity contribution < 1.29 is 0 Å². The van der Waals surface area contributed by atoms with Gasteiger partial charge in [0.1, 0.15) is 17.2 Å². The second kappa shape index (κ2) is 6.96. The first-order chi connectivity index (χ1) is 15.1. The van der Waals surface area contributed by atoms with Gasteiger partial charge in [-0.2, -0.15) is 0 Å². The highest BCUT2D eigenvalue weighted by Crippen LogP contribution is 2.31. The molecule has 6 nitrogen and oxygen atoms in total. The number of nitrogens with one attached hydrogen (secondary N) is 2. The third-order valence-electron chi connectivity index (χ3n) is 6.18. The van der Waals surface area contributed by atoms with Crippen LogP contribution in [0, 0.1) is 6.92 Å². The maximum atomic E-state index is 6.05. The second-order valence-electron chi connectivity index (χ2n) is 8.45. The largest absolute Gasteiger partial charge is 0.384 e. The average Bonchev–Trinajstić information content (AvgIpc) is 3.35. The molecule has 0 saturated carbocycles. The molecule has 0 radical (unpaired) electrons. The summed E-state index contributed by atoms with van der Waals surface area (Å²) in [4.78, 5) is 18.2. The number of rotatable bonds is 3. The van der Waals surface area contributed by atoms with Gasteiger partial charge < -0.3 is 15.7 Å². The van der Waals surface area contributed by atoms with Gasteiger partial charge in [0.2, 0.25) is 0 Å². The lowest BCUT2D eigenvalue weighted by molar-refractivity contribution is 0.245. The van der Waals surface area contributed by atoms with E-state index in [-0.39, 0.29) is 0 Å². The molecular weight excluding hydrogens is 384 g/mol. The van der Waals surface area contributed by atoms with E-state index in [1.165, 1.54) is 22.1 Å². The van der Waals surface area contributed by atoms with Crippen molar-refractivity contribution >= 4 is 27.9 Å². The molecule has 4 heterocycles. The monoisotopic (exact) mass is 408 g/mol. The number of anilines is 1. The van der Waals surface area contributed by atoms with Crippen LogP contribution in [-0.2, 0) is 19.5 Å². The van der Waals surface area contributed by atoms with Crippen molar-refractivity contribution in [1.29, 1.82) is 0 Å². The lowest BCUT2D eigenvalue weighted by Gasteiger charge is -2.28. The van der Waals surface area contributed by atoms with Crippen LogP contribution in [-0.4, -0.2) is 31.4 Å². The minimum absolute atomic E-state index is 0.482. The summed E-state index contributed by atoms with van der Waals surface area (Å²) < 4.78 is 0. The topological polar surface area (TPSA) is 86.6 Å². The molecule has 31 heavy (non-hydrogen) atoms. The fourth-order valence-corrected chi connectivity index (χ4v) is 4.70. The number of benzene rings is 2. The molecule has 6 heteroatoms. The first-order valence-corrected chi connectivity index (χ1v) is 10.7. The Morgan fingerprint density at radius 2 is 1.87 bits per heavy atom. The number of pyridine rings is 1. The molecular formula is C25H24N6. The molecule has 6 rings (SSSR count). The summed E-state index contributed by atoms with van der Waals surface area (Å²) in [5.74, 6) is 1.31. The van der Waals surface area contributed by atoms with E-state index in [9.17, 15) is 0 Å². The Bertz CT molecular complexity index is 1430. The molecule has 0 spiro atoms. The van der Waals surface area contributed by atoms with Crippen molar-refractivity contribution in [2.75, 3.05) is 12.3 Å². The Balaban J connectivity index is 1.32. The van der Waals surface area contributed by atoms with Gasteiger partial charge in [0, 0.05) is 41.8 Å². The van der Waals surface area contributed by atoms with Crippen LogP contribution in [0.2, 0.25) is 0 Å². The molecule has 0 amide bonds. The third kappa shape index (κ3) is 3.25. The summed E-state index contributed by atoms with van der Waals surface area (Å²) in [7, 11) is 0. The summed E-state index contributed by atoms with van der Waals surface area (Å²) in [6.45, 7) is 4.99. The Labute approximate surface area is 180 Å². The van der Waals surface area contributed by atoms with Crippen LogP contribution in [0.4, 0.5) is 5.82 Å². The number of H-pyrrole nitrogens is 2. The van der Waals surface area contributed by atoms with Crippen LogP contribution in [0.5, 0.6) is 0 Å². The lowest BCUT2D eigenvalue weighted by Crippen LogP contribution is -2.29. The van der Waals surface area contributed by atoms with Crippen molar-refractivity contribution in [3.63, 3.8) is 0 Å². The first-order valence-electron chi connectivity index (χ1n) is 10.7. The number of imidazole rings is 1. The smallest absolute Gasteiger partial charge is 0.160 e. The molecule has 0 atom stereocenters. The van der Waals surface area contributed by atoms with Crippen LogP contribution < -0.4 is 5.73 Å². The van der Waals surface area contributed by atoms with E-state index >= 15 is 0 Å². The van der Waals surface area contributed by atoms with Crippen LogP contribution in [0.1, 0.15) is 22.5 Å². The van der Waals surface area contributed by atoms with E-state index in [0.717, 1.165) is 59.8 Å². The Morgan fingerprint density at radius 3 is 2.77 bits per heavy atom. The molecule has 0 aliphatic carbocycles. The Hall–Kier alpha value is -3.64. The second-order valence-corrected chi connectivity index (χ2v) is 8.45. The van der Waals surface area contributed by atoms with Crippen LogP contribution in [0.15, 0.2) is 54.6 Å². The van der Waals surface area contributed by atoms with Crippen molar-refractivity contribution in [1.82, 2.24) is 24.8 Å². The van der Waals surface area contributed by atoms with Gasteiger partial charge in [0.15, 0.2) is 5.65 Å². The molecule has 0 saturated heterocycles. The zero-order chi connectivity index (χ0) is 20.9. The zero-order valence-corrected chi connectivity index (χ0v) is 17.4. The average molecular weight is 409 g/mol. The molecule has 3 aromatic heterocycles. The molecule has 0 unspecified atom stereocenters. The van der Waals surface area contributed by atoms with E-state index in [4.69, 9.17) is 5.73 Å². The third-order valence-corrected chi connectivity index (χ3v) is 6.18. The van der Waals surface area contributed by atoms with Crippen molar-refractivity contribution in [3.05, 3.63) is 77.1 Å². The minimum atomic E-state index is 0.482. The van der Waals surface area contributed by atoms with Crippen LogP contribution >= 0.6 is 0 Å². The Morgan fingerprint density at radius 1 is 1.00 bits per heavy atom. The summed E-state index contributed by atoms with van der Waals surface area (Å²) in [5.41, 5.74) is 15.0. The predicted octanol–water partition coefficient (Wildman–Crippen LogP) is 4.56. The van der Waals surface area contributed by atoms with Crippen LogP contribution in [0.25, 0.3) is 33.3 Å². The maximum absolute atomic E-state index is 6.05. The van der Waals surface area contributed by atoms with Crippen molar-refractivity contribution in [3.8, 4) is 11.3 Å². The number of nitrogen functional groups attached to an aromatic ring is 1. The SMILES string of the molecule is Cc1nc2c(-c3cc4cc(CN5CCc6ccccc6C5)ccc4[nH]3)cc(N)nc2[nH]1. The fraction of sp³-hybridized carbons (Fsp3) is 0.200. The van der Waals surface area contributed by atoms with E-state index < -0.39 is 0 Å². The summed E-state index contributed by atoms with van der Waals surface area (Å²) in [6, 6.07) is 19.5. The molecule has 0 bridgehead atoms. The maximum Gasteiger partial charge on any atom is 0.160 e. The van der Waals surface area contributed by atoms with Gasteiger partial charge in [0.05, 0.1) is 0 Å². The number of nitrogens with zero attached hydrogens (tertiary/aromatic N) is 3. The highest BCUT2D eigenvalue weighted by atomic mass is 15.1. The number of hydrogen-bond donors (Lipinski definition) is 3. The van der Waals surface area contributed by atoms with Gasteiger partial charge in [-0.1, -0.05) is 30.3 Å². The molecule has 2 aromatic carbocycles. The summed E-state index contributed by atoms with van der Waals surface area (Å²) in [5, 5.41) is 1.20. The zero-order valence-electron chi connectivity index (χ0n) is 17.4. The van der Waals surface area contributed by atoms with Crippen LogP contribution in [0.3, 0.4) is 0 Å². The van der Waals surface area contributed by atoms with Gasteiger partial charge in [-0.15, -0.1) is 0 Å². The molecule has 154 valence electrons. The molecule has 4 N–H and O–H groups in total. The Kier molecular flexibility index (Phi) is 4.07. The van der Waals surface area contributed by atoms with Gasteiger partial charge >= 0.3 is 0 Å². The highest BCUT2D eigenvalue weighted by Gasteiger charge is 2.17. The van der Waals surface area contributed by atoms with E-state index in [1.807, 2.05) is 13.0 Å². The normalized spacial score (nSPS) is 14.4. The quantitative estimate of drug-likeness (QED) is 0.409. The number of aromatic amines is 2. The van der Waals surface area contributed by atoms with Gasteiger partial charge in [-0.25, -0.2) is 9.97 Å². The number of aromatic nitrogens is 4. The van der Waals surface area contributed by atoms with Crippen molar-refractivity contribution in [2.24, 2.45) is 0 Å². The highest BCUT2D eigenvalue weighted by molar-refractivity contribution is 5.95. The minimum Gasteiger partial charge on any atom is -0.384 e. The molecule has 0 fully saturated rings. The number of nitrogens with two attached hydrogens (primary N) is 1. The number of aryl methyl sites for hydroxylation is 1. The van der Waals surface area contributed by atoms with E-state index in [0.29, 0.717) is 5.82 Å². The first kappa shape index (κ1) is 18.2. The summed E-state index contributed by atoms with van der Waals surface area (Å²) in [6.07, 6.45) is 1.12. The van der Waals surface area contributed by atoms with Gasteiger partial charge in [0.25, 0.3) is 0 Å². The lowest BCUT2D eigenvalue weighted by atomic mass is 9.99. The fourth-order valence-electron chi connectivity index (χ4n) is 4.70. The van der Waals surface area contributed by atoms with Gasteiger partial charge in [-0.05, 0) is 54.3 Å². The number of hydrogen-bond acceptors (Lipinski definition) is 4. The molecule has 1 aliphatic heterocycles. The predicted molar refractivity (Wildman–Crippen MR) is 125 cm³/mol. The van der Waals surface area contributed by atoms with Gasteiger partial charge in [-0.3, -0.25) is 4.90 Å². The molecule has 1 aliphatic rings. The summed E-state index contributed by atoms with van der Waals surface area (Å²) >= 11 is 0.